The fourth-order valence-corrected chi connectivity index (χ4v) is 4.52. The van der Waals surface area contributed by atoms with Crippen molar-refractivity contribution in [2.24, 2.45) is 0 Å². The molecule has 0 spiro atoms. The number of morpholine rings is 1. The Bertz CT molecular complexity index is 1090. The lowest BCUT2D eigenvalue weighted by Gasteiger charge is -2.30. The molecule has 0 aliphatic carbocycles. The zero-order valence-corrected chi connectivity index (χ0v) is 19.6. The number of nitrogens with zero attached hydrogens (tertiary/aromatic N) is 1. The van der Waals surface area contributed by atoms with Gasteiger partial charge in [0.05, 0.1) is 32.3 Å². The number of Topliss-reactive ketones (excluding diaryl/α,β-unsaturated/α-hetero) is 1. The van der Waals surface area contributed by atoms with Gasteiger partial charge in [0, 0.05) is 10.6 Å². The lowest BCUT2D eigenvalue weighted by atomic mass is 9.95. The molecule has 2 saturated heterocycles. The van der Waals surface area contributed by atoms with Gasteiger partial charge in [-0.15, -0.1) is 0 Å². The summed E-state index contributed by atoms with van der Waals surface area (Å²) in [4.78, 5) is 29.0. The van der Waals surface area contributed by atoms with E-state index in [9.17, 15) is 14.7 Å². The zero-order valence-electron chi connectivity index (χ0n) is 18.8. The van der Waals surface area contributed by atoms with Crippen molar-refractivity contribution in [3.63, 3.8) is 0 Å². The molecule has 178 valence electrons. The molecule has 0 radical (unpaired) electrons. The van der Waals surface area contributed by atoms with Crippen molar-refractivity contribution in [2.45, 2.75) is 6.04 Å². The highest BCUT2D eigenvalue weighted by Gasteiger charge is 2.44. The number of hydrogen-bond acceptors (Lipinski definition) is 5. The van der Waals surface area contributed by atoms with Gasteiger partial charge in [-0.25, -0.2) is 0 Å². The van der Waals surface area contributed by atoms with Crippen LogP contribution in [0.3, 0.4) is 0 Å². The van der Waals surface area contributed by atoms with E-state index in [1.807, 2.05) is 0 Å². The Morgan fingerprint density at radius 2 is 1.94 bits per heavy atom. The number of hydrogen-bond donors (Lipinski definition) is 1. The number of likely N-dealkylation sites (tertiary alicyclic amines) is 1. The molecule has 0 saturated carbocycles. The van der Waals surface area contributed by atoms with E-state index in [0.717, 1.165) is 13.1 Å². The van der Waals surface area contributed by atoms with Gasteiger partial charge in [0.25, 0.3) is 5.91 Å². The molecule has 1 amide bonds. The first-order valence-electron chi connectivity index (χ1n) is 11.3. The molecule has 34 heavy (non-hydrogen) atoms. The van der Waals surface area contributed by atoms with Gasteiger partial charge >= 0.3 is 0 Å². The van der Waals surface area contributed by atoms with Crippen LogP contribution in [0.15, 0.2) is 66.8 Å². The van der Waals surface area contributed by atoms with Gasteiger partial charge in [-0.3, -0.25) is 9.59 Å². The molecule has 1 atom stereocenters. The van der Waals surface area contributed by atoms with E-state index in [-0.39, 0.29) is 5.57 Å². The first kappa shape index (κ1) is 24.0. The van der Waals surface area contributed by atoms with Crippen molar-refractivity contribution >= 4 is 29.1 Å². The van der Waals surface area contributed by atoms with E-state index in [4.69, 9.17) is 21.1 Å². The second kappa shape index (κ2) is 10.9. The Hall–Kier alpha value is -3.13. The van der Waals surface area contributed by atoms with Crippen LogP contribution in [0.2, 0.25) is 5.02 Å². The van der Waals surface area contributed by atoms with E-state index in [2.05, 4.69) is 6.58 Å². The monoisotopic (exact) mass is 482 g/mol. The molecule has 2 aromatic carbocycles. The molecule has 2 aliphatic heterocycles. The molecule has 2 aliphatic rings. The van der Waals surface area contributed by atoms with Crippen molar-refractivity contribution in [1.29, 1.82) is 0 Å². The van der Waals surface area contributed by atoms with E-state index < -0.39 is 23.5 Å². The fraction of sp³-hybridized carbons (Fsp3) is 0.308. The SMILES string of the molecule is C=CCOc1ccc(C([O-])=C2C(=O)C(=O)N(CC[NH+]3CCOCC3)C2c2cccc(Cl)c2)cc1. The lowest BCUT2D eigenvalue weighted by Crippen LogP contribution is -3.14. The Balaban J connectivity index is 1.69. The molecule has 1 N–H and O–H groups in total. The van der Waals surface area contributed by atoms with Crippen LogP contribution in [0.25, 0.3) is 5.76 Å². The number of carbonyl (C=O) groups excluding carboxylic acids is 2. The topological polar surface area (TPSA) is 83.3 Å². The standard InChI is InChI=1S/C26H27ClN2O5/c1-2-14-34-21-8-6-18(7-9-21)24(30)22-23(19-4-3-5-20(27)17-19)29(26(32)25(22)31)11-10-28-12-15-33-16-13-28/h2-9,17,23,30H,1,10-16H2. The van der Waals surface area contributed by atoms with Gasteiger partial charge in [0.15, 0.2) is 0 Å². The van der Waals surface area contributed by atoms with Gasteiger partial charge in [0.2, 0.25) is 5.78 Å². The molecule has 1 unspecified atom stereocenters. The fourth-order valence-electron chi connectivity index (χ4n) is 4.33. The summed E-state index contributed by atoms with van der Waals surface area (Å²) in [6.45, 7) is 7.98. The number of halogens is 1. The molecule has 2 aromatic rings. The second-order valence-electron chi connectivity index (χ2n) is 8.26. The quantitative estimate of drug-likeness (QED) is 0.263. The average molecular weight is 483 g/mol. The summed E-state index contributed by atoms with van der Waals surface area (Å²) in [5.41, 5.74) is 0.900. The first-order valence-corrected chi connectivity index (χ1v) is 11.6. The maximum atomic E-state index is 13.5. The zero-order chi connectivity index (χ0) is 24.1. The number of ether oxygens (including phenoxy) is 2. The maximum Gasteiger partial charge on any atom is 0.295 e. The first-order chi connectivity index (χ1) is 16.5. The third-order valence-corrected chi connectivity index (χ3v) is 6.32. The Morgan fingerprint density at radius 3 is 2.62 bits per heavy atom. The Morgan fingerprint density at radius 1 is 1.21 bits per heavy atom. The predicted molar refractivity (Wildman–Crippen MR) is 126 cm³/mol. The van der Waals surface area contributed by atoms with Crippen LogP contribution in [0, 0.1) is 0 Å². The molecule has 4 rings (SSSR count). The maximum absolute atomic E-state index is 13.5. The third kappa shape index (κ3) is 5.17. The minimum absolute atomic E-state index is 0.0518. The highest BCUT2D eigenvalue weighted by Crippen LogP contribution is 2.39. The van der Waals surface area contributed by atoms with Gasteiger partial charge in [-0.05, 0) is 35.4 Å². The number of quaternary nitrogens is 1. The van der Waals surface area contributed by atoms with Crippen LogP contribution in [0.1, 0.15) is 17.2 Å². The number of nitrogens with one attached hydrogen (secondary N) is 1. The summed E-state index contributed by atoms with van der Waals surface area (Å²) >= 11 is 6.22. The molecule has 7 nitrogen and oxygen atoms in total. The normalized spacial score (nSPS) is 20.5. The summed E-state index contributed by atoms with van der Waals surface area (Å²) in [5, 5.41) is 14.0. The highest BCUT2D eigenvalue weighted by molar-refractivity contribution is 6.46. The van der Waals surface area contributed by atoms with Crippen LogP contribution in [0.5, 0.6) is 5.75 Å². The van der Waals surface area contributed by atoms with E-state index >= 15 is 0 Å². The van der Waals surface area contributed by atoms with Crippen LogP contribution in [-0.2, 0) is 14.3 Å². The van der Waals surface area contributed by atoms with Crippen molar-refractivity contribution < 1.29 is 29.1 Å². The summed E-state index contributed by atoms with van der Waals surface area (Å²) < 4.78 is 10.9. The van der Waals surface area contributed by atoms with Crippen LogP contribution in [-0.4, -0.2) is 62.6 Å². The molecular weight excluding hydrogens is 456 g/mol. The van der Waals surface area contributed by atoms with E-state index in [1.54, 1.807) is 54.6 Å². The summed E-state index contributed by atoms with van der Waals surface area (Å²) in [5.74, 6) is -1.32. The van der Waals surface area contributed by atoms with Crippen molar-refractivity contribution in [1.82, 2.24) is 4.90 Å². The van der Waals surface area contributed by atoms with Crippen LogP contribution < -0.4 is 14.7 Å². The van der Waals surface area contributed by atoms with Crippen molar-refractivity contribution in [3.8, 4) is 5.75 Å². The van der Waals surface area contributed by atoms with Gasteiger partial charge < -0.3 is 24.4 Å². The number of carbonyl (C=O) groups is 2. The smallest absolute Gasteiger partial charge is 0.295 e. The minimum Gasteiger partial charge on any atom is -0.872 e. The van der Waals surface area contributed by atoms with E-state index in [1.165, 1.54) is 9.80 Å². The lowest BCUT2D eigenvalue weighted by molar-refractivity contribution is -0.907. The molecule has 0 bridgehead atoms. The second-order valence-corrected chi connectivity index (χ2v) is 8.70. The molecule has 0 aromatic heterocycles. The number of ketones is 1. The number of amides is 1. The minimum atomic E-state index is -0.789. The molecule has 2 fully saturated rings. The average Bonchev–Trinajstić information content (AvgIpc) is 3.11. The van der Waals surface area contributed by atoms with Crippen LogP contribution in [0.4, 0.5) is 0 Å². The van der Waals surface area contributed by atoms with Crippen molar-refractivity contribution in [2.75, 3.05) is 46.0 Å². The van der Waals surface area contributed by atoms with Crippen molar-refractivity contribution in [3.05, 3.63) is 82.9 Å². The number of rotatable bonds is 8. The molecule has 2 heterocycles. The van der Waals surface area contributed by atoms with Gasteiger partial charge in [0.1, 0.15) is 25.4 Å². The Labute approximate surface area is 203 Å². The van der Waals surface area contributed by atoms with E-state index in [0.29, 0.717) is 54.8 Å². The highest BCUT2D eigenvalue weighted by atomic mass is 35.5. The van der Waals surface area contributed by atoms with Gasteiger partial charge in [-0.1, -0.05) is 54.3 Å². The van der Waals surface area contributed by atoms with Gasteiger partial charge in [-0.2, -0.15) is 0 Å². The number of benzene rings is 2. The third-order valence-electron chi connectivity index (χ3n) is 6.08. The predicted octanol–water partition coefficient (Wildman–Crippen LogP) is 1.04. The summed E-state index contributed by atoms with van der Waals surface area (Å²) in [6.07, 6.45) is 1.63. The summed E-state index contributed by atoms with van der Waals surface area (Å²) in [7, 11) is 0. The largest absolute Gasteiger partial charge is 0.872 e. The summed E-state index contributed by atoms with van der Waals surface area (Å²) in [6, 6.07) is 12.7. The van der Waals surface area contributed by atoms with Crippen LogP contribution >= 0.6 is 11.6 Å². The molecule has 8 heteroatoms. The Kier molecular flexibility index (Phi) is 7.67. The molecular formula is C26H27ClN2O5.